The molecule has 0 aliphatic carbocycles. The third kappa shape index (κ3) is 7.05. The number of ether oxygens (including phenoxy) is 1. The van der Waals surface area contributed by atoms with Gasteiger partial charge >= 0.3 is 0 Å². The number of amides is 1. The Bertz CT molecular complexity index is 974. The quantitative estimate of drug-likeness (QED) is 0.393. The molecular weight excluding hydrogens is 422 g/mol. The van der Waals surface area contributed by atoms with Gasteiger partial charge in [-0.3, -0.25) is 4.79 Å². The number of rotatable bonds is 12. The van der Waals surface area contributed by atoms with Crippen LogP contribution in [0.5, 0.6) is 5.75 Å². The van der Waals surface area contributed by atoms with Crippen molar-refractivity contribution < 1.29 is 13.9 Å². The van der Waals surface area contributed by atoms with Crippen LogP contribution in [0.2, 0.25) is 0 Å². The van der Waals surface area contributed by atoms with Gasteiger partial charge in [0.05, 0.1) is 18.1 Å². The van der Waals surface area contributed by atoms with Gasteiger partial charge in [-0.05, 0) is 56.7 Å². The molecule has 0 fully saturated rings. The molecule has 0 saturated carbocycles. The van der Waals surface area contributed by atoms with Gasteiger partial charge in [0.15, 0.2) is 0 Å². The lowest BCUT2D eigenvalue weighted by atomic mass is 10.2. The fourth-order valence-corrected chi connectivity index (χ4v) is 4.04. The molecule has 2 aromatic carbocycles. The predicted molar refractivity (Wildman–Crippen MR) is 131 cm³/mol. The largest absolute Gasteiger partial charge is 0.494 e. The van der Waals surface area contributed by atoms with Crippen LogP contribution in [0.25, 0.3) is 11.5 Å². The molecule has 1 N–H and O–H groups in total. The molecule has 3 aromatic rings. The average Bonchev–Trinajstić information content (AvgIpc) is 3.18. The highest BCUT2D eigenvalue weighted by atomic mass is 32.2. The van der Waals surface area contributed by atoms with Gasteiger partial charge < -0.3 is 19.4 Å². The summed E-state index contributed by atoms with van der Waals surface area (Å²) in [4.78, 5) is 18.9. The maximum Gasteiger partial charge on any atom is 0.230 e. The second-order valence-corrected chi connectivity index (χ2v) is 8.42. The van der Waals surface area contributed by atoms with Gasteiger partial charge in [0.25, 0.3) is 0 Å². The SMILES string of the molecule is CCOc1ccc(-c2nc(CSCC(=O)NCCCN(C)c3ccccc3)c(C)o2)cc1. The van der Waals surface area contributed by atoms with Crippen LogP contribution in [-0.2, 0) is 10.5 Å². The molecule has 7 heteroatoms. The molecule has 6 nitrogen and oxygen atoms in total. The first-order chi connectivity index (χ1) is 15.6. The Morgan fingerprint density at radius 1 is 1.16 bits per heavy atom. The number of hydrogen-bond donors (Lipinski definition) is 1. The van der Waals surface area contributed by atoms with E-state index in [9.17, 15) is 4.79 Å². The number of aromatic nitrogens is 1. The monoisotopic (exact) mass is 453 g/mol. The predicted octanol–water partition coefficient (Wildman–Crippen LogP) is 4.92. The molecule has 32 heavy (non-hydrogen) atoms. The minimum absolute atomic E-state index is 0.0465. The van der Waals surface area contributed by atoms with Gasteiger partial charge in [-0.2, -0.15) is 0 Å². The van der Waals surface area contributed by atoms with Crippen LogP contribution in [-0.4, -0.2) is 43.4 Å². The molecule has 0 atom stereocenters. The first kappa shape index (κ1) is 23.7. The lowest BCUT2D eigenvalue weighted by Crippen LogP contribution is -2.29. The number of aryl methyl sites for hydroxylation is 1. The Kier molecular flexibility index (Phi) is 9.04. The Morgan fingerprint density at radius 2 is 1.91 bits per heavy atom. The third-order valence-corrected chi connectivity index (χ3v) is 5.91. The minimum Gasteiger partial charge on any atom is -0.494 e. The number of carbonyl (C=O) groups excluding carboxylic acids is 1. The lowest BCUT2D eigenvalue weighted by molar-refractivity contribution is -0.118. The summed E-state index contributed by atoms with van der Waals surface area (Å²) in [7, 11) is 2.06. The van der Waals surface area contributed by atoms with Crippen LogP contribution in [0.4, 0.5) is 5.69 Å². The lowest BCUT2D eigenvalue weighted by Gasteiger charge is -2.19. The molecule has 170 valence electrons. The summed E-state index contributed by atoms with van der Waals surface area (Å²) in [6.45, 7) is 6.06. The van der Waals surface area contributed by atoms with Crippen molar-refractivity contribution >= 4 is 23.4 Å². The second-order valence-electron chi connectivity index (χ2n) is 7.43. The van der Waals surface area contributed by atoms with Crippen LogP contribution >= 0.6 is 11.8 Å². The van der Waals surface area contributed by atoms with Crippen LogP contribution < -0.4 is 15.0 Å². The maximum atomic E-state index is 12.1. The summed E-state index contributed by atoms with van der Waals surface area (Å²) >= 11 is 1.54. The smallest absolute Gasteiger partial charge is 0.230 e. The summed E-state index contributed by atoms with van der Waals surface area (Å²) in [5.41, 5.74) is 2.96. The van der Waals surface area contributed by atoms with E-state index in [-0.39, 0.29) is 5.91 Å². The Hall–Kier alpha value is -2.93. The van der Waals surface area contributed by atoms with Crippen LogP contribution in [0.3, 0.4) is 0 Å². The zero-order valence-electron chi connectivity index (χ0n) is 19.0. The van der Waals surface area contributed by atoms with E-state index in [1.54, 1.807) is 11.8 Å². The number of nitrogens with zero attached hydrogens (tertiary/aromatic N) is 2. The first-order valence-electron chi connectivity index (χ1n) is 10.9. The molecular formula is C25H31N3O3S. The molecule has 1 heterocycles. The van der Waals surface area contributed by atoms with Gasteiger partial charge in [0, 0.05) is 37.1 Å². The number of nitrogens with one attached hydrogen (secondary N) is 1. The summed E-state index contributed by atoms with van der Waals surface area (Å²) < 4.78 is 11.3. The van der Waals surface area contributed by atoms with E-state index >= 15 is 0 Å². The number of anilines is 1. The number of thioether (sulfide) groups is 1. The summed E-state index contributed by atoms with van der Waals surface area (Å²) in [6, 6.07) is 17.9. The van der Waals surface area contributed by atoms with Gasteiger partial charge in [-0.1, -0.05) is 18.2 Å². The van der Waals surface area contributed by atoms with Crippen LogP contribution in [0, 0.1) is 6.92 Å². The highest BCUT2D eigenvalue weighted by Gasteiger charge is 2.12. The van der Waals surface area contributed by atoms with Crippen molar-refractivity contribution in [3.63, 3.8) is 0 Å². The van der Waals surface area contributed by atoms with E-state index in [0.29, 0.717) is 30.5 Å². The van der Waals surface area contributed by atoms with Crippen molar-refractivity contribution in [1.29, 1.82) is 0 Å². The summed E-state index contributed by atoms with van der Waals surface area (Å²) in [5, 5.41) is 2.99. The zero-order valence-corrected chi connectivity index (χ0v) is 19.8. The number of oxazole rings is 1. The van der Waals surface area contributed by atoms with Crippen molar-refractivity contribution in [3.8, 4) is 17.2 Å². The molecule has 0 bridgehead atoms. The average molecular weight is 454 g/mol. The Balaban J connectivity index is 1.37. The van der Waals surface area contributed by atoms with E-state index in [1.165, 1.54) is 5.69 Å². The van der Waals surface area contributed by atoms with Crippen LogP contribution in [0.1, 0.15) is 24.8 Å². The molecule has 0 radical (unpaired) electrons. The molecule has 0 unspecified atom stereocenters. The van der Waals surface area contributed by atoms with Crippen molar-refractivity contribution in [2.75, 3.05) is 37.4 Å². The molecule has 3 rings (SSSR count). The molecule has 1 amide bonds. The maximum absolute atomic E-state index is 12.1. The van der Waals surface area contributed by atoms with E-state index in [0.717, 1.165) is 35.7 Å². The van der Waals surface area contributed by atoms with Gasteiger partial charge in [0.1, 0.15) is 11.5 Å². The van der Waals surface area contributed by atoms with Gasteiger partial charge in [-0.15, -0.1) is 11.8 Å². The van der Waals surface area contributed by atoms with E-state index in [2.05, 4.69) is 34.4 Å². The Labute approximate surface area is 194 Å². The number of para-hydroxylation sites is 1. The van der Waals surface area contributed by atoms with Crippen LogP contribution in [0.15, 0.2) is 59.0 Å². The number of carbonyl (C=O) groups is 1. The van der Waals surface area contributed by atoms with E-state index in [1.807, 2.05) is 56.3 Å². The summed E-state index contributed by atoms with van der Waals surface area (Å²) in [6.07, 6.45) is 0.898. The fraction of sp³-hybridized carbons (Fsp3) is 0.360. The molecule has 0 spiro atoms. The van der Waals surface area contributed by atoms with Gasteiger partial charge in [0.2, 0.25) is 11.8 Å². The highest BCUT2D eigenvalue weighted by Crippen LogP contribution is 2.26. The fourth-order valence-electron chi connectivity index (χ4n) is 3.19. The van der Waals surface area contributed by atoms with E-state index in [4.69, 9.17) is 9.15 Å². The standard InChI is InChI=1S/C25H31N3O3S/c1-4-30-22-13-11-20(12-14-22)25-27-23(19(2)31-25)17-32-18-24(29)26-15-8-16-28(3)21-9-6-5-7-10-21/h5-7,9-14H,4,8,15-18H2,1-3H3,(H,26,29). The van der Waals surface area contributed by atoms with Crippen molar-refractivity contribution in [2.24, 2.45) is 0 Å². The normalized spacial score (nSPS) is 10.7. The van der Waals surface area contributed by atoms with Crippen molar-refractivity contribution in [3.05, 3.63) is 66.1 Å². The van der Waals surface area contributed by atoms with E-state index < -0.39 is 0 Å². The number of hydrogen-bond acceptors (Lipinski definition) is 6. The highest BCUT2D eigenvalue weighted by molar-refractivity contribution is 7.99. The van der Waals surface area contributed by atoms with Gasteiger partial charge in [-0.25, -0.2) is 4.98 Å². The van der Waals surface area contributed by atoms with Crippen molar-refractivity contribution in [2.45, 2.75) is 26.0 Å². The Morgan fingerprint density at radius 3 is 2.62 bits per heavy atom. The zero-order chi connectivity index (χ0) is 22.8. The third-order valence-electron chi connectivity index (χ3n) is 4.97. The molecule has 1 aromatic heterocycles. The molecule has 0 aliphatic rings. The molecule has 0 saturated heterocycles. The second kappa shape index (κ2) is 12.2. The topological polar surface area (TPSA) is 67.6 Å². The first-order valence-corrected chi connectivity index (χ1v) is 12.0. The number of benzene rings is 2. The molecule has 0 aliphatic heterocycles. The minimum atomic E-state index is 0.0465. The van der Waals surface area contributed by atoms with Crippen molar-refractivity contribution in [1.82, 2.24) is 10.3 Å². The summed E-state index contributed by atoms with van der Waals surface area (Å²) in [5.74, 6) is 3.28.